The van der Waals surface area contributed by atoms with E-state index < -0.39 is 0 Å². The molecule has 0 spiro atoms. The molecule has 0 unspecified atom stereocenters. The molecule has 0 radical (unpaired) electrons. The van der Waals surface area contributed by atoms with E-state index in [-0.39, 0.29) is 0 Å². The topological polar surface area (TPSA) is 49.8 Å². The lowest BCUT2D eigenvalue weighted by molar-refractivity contribution is 1.02. The third-order valence-electron chi connectivity index (χ3n) is 4.73. The van der Waals surface area contributed by atoms with Gasteiger partial charge in [0.2, 0.25) is 0 Å². The molecule has 3 rings (SSSR count). The van der Waals surface area contributed by atoms with E-state index in [0.717, 1.165) is 42.3 Å². The van der Waals surface area contributed by atoms with Crippen LogP contribution in [0.5, 0.6) is 0 Å². The van der Waals surface area contributed by atoms with Crippen molar-refractivity contribution in [2.24, 2.45) is 0 Å². The fourth-order valence-corrected chi connectivity index (χ4v) is 3.10. The average Bonchev–Trinajstić information content (AvgIpc) is 2.67. The molecule has 1 aromatic heterocycles. The Morgan fingerprint density at radius 3 is 2.39 bits per heavy atom. The SMILES string of the molecule is C=C(Cc1ccc(C)c(C)c1)Nc1ccc(Cc2cc(NCC)ncn2)cc1. The molecule has 0 amide bonds. The second-order valence-corrected chi connectivity index (χ2v) is 7.12. The molecule has 0 aliphatic carbocycles. The summed E-state index contributed by atoms with van der Waals surface area (Å²) in [5.74, 6) is 0.869. The molecule has 3 aromatic rings. The molecule has 4 heteroatoms. The van der Waals surface area contributed by atoms with Crippen molar-refractivity contribution in [3.8, 4) is 0 Å². The summed E-state index contributed by atoms with van der Waals surface area (Å²) in [6.45, 7) is 11.4. The molecule has 0 saturated carbocycles. The van der Waals surface area contributed by atoms with Gasteiger partial charge in [0.25, 0.3) is 0 Å². The normalized spacial score (nSPS) is 10.5. The molecule has 0 aliphatic rings. The molecule has 28 heavy (non-hydrogen) atoms. The summed E-state index contributed by atoms with van der Waals surface area (Å²) in [6, 6.07) is 17.0. The van der Waals surface area contributed by atoms with Gasteiger partial charge in [-0.2, -0.15) is 0 Å². The zero-order valence-corrected chi connectivity index (χ0v) is 16.9. The van der Waals surface area contributed by atoms with Crippen LogP contribution in [-0.4, -0.2) is 16.5 Å². The predicted octanol–water partition coefficient (Wildman–Crippen LogP) is 5.28. The minimum Gasteiger partial charge on any atom is -0.370 e. The van der Waals surface area contributed by atoms with Crippen LogP contribution in [-0.2, 0) is 12.8 Å². The number of aryl methyl sites for hydroxylation is 2. The van der Waals surface area contributed by atoms with Gasteiger partial charge in [0.15, 0.2) is 0 Å². The van der Waals surface area contributed by atoms with Crippen molar-refractivity contribution in [3.05, 3.63) is 95.1 Å². The monoisotopic (exact) mass is 372 g/mol. The number of nitrogens with zero attached hydrogens (tertiary/aromatic N) is 2. The van der Waals surface area contributed by atoms with E-state index in [1.54, 1.807) is 6.33 Å². The Hall–Kier alpha value is -3.14. The van der Waals surface area contributed by atoms with Crippen LogP contribution < -0.4 is 10.6 Å². The largest absolute Gasteiger partial charge is 0.370 e. The van der Waals surface area contributed by atoms with Crippen molar-refractivity contribution >= 4 is 11.5 Å². The van der Waals surface area contributed by atoms with Crippen molar-refractivity contribution < 1.29 is 0 Å². The summed E-state index contributed by atoms with van der Waals surface area (Å²) in [5.41, 5.74) is 8.17. The zero-order valence-electron chi connectivity index (χ0n) is 16.9. The molecule has 0 aliphatic heterocycles. The number of hydrogen-bond acceptors (Lipinski definition) is 4. The molecule has 2 N–H and O–H groups in total. The fourth-order valence-electron chi connectivity index (χ4n) is 3.10. The van der Waals surface area contributed by atoms with Gasteiger partial charge >= 0.3 is 0 Å². The third kappa shape index (κ3) is 5.43. The highest BCUT2D eigenvalue weighted by Crippen LogP contribution is 2.17. The van der Waals surface area contributed by atoms with Gasteiger partial charge in [0.05, 0.1) is 5.69 Å². The standard InChI is InChI=1S/C24H28N4/c1-5-25-24-15-23(26-16-27-24)14-20-8-10-22(11-9-20)28-19(4)13-21-7-6-17(2)18(3)12-21/h6-12,15-16,28H,4-5,13-14H2,1-3H3,(H,25,26,27). The molecule has 0 saturated heterocycles. The van der Waals surface area contributed by atoms with Gasteiger partial charge in [-0.15, -0.1) is 0 Å². The lowest BCUT2D eigenvalue weighted by atomic mass is 10.0. The van der Waals surface area contributed by atoms with Crippen LogP contribution in [0.15, 0.2) is 67.1 Å². The van der Waals surface area contributed by atoms with Crippen molar-refractivity contribution in [2.45, 2.75) is 33.6 Å². The predicted molar refractivity (Wildman–Crippen MR) is 118 cm³/mol. The molecule has 4 nitrogen and oxygen atoms in total. The lowest BCUT2D eigenvalue weighted by Crippen LogP contribution is -2.03. The average molecular weight is 373 g/mol. The Morgan fingerprint density at radius 1 is 0.929 bits per heavy atom. The molecule has 144 valence electrons. The van der Waals surface area contributed by atoms with Gasteiger partial charge in [-0.05, 0) is 55.2 Å². The highest BCUT2D eigenvalue weighted by molar-refractivity contribution is 5.50. The van der Waals surface area contributed by atoms with Crippen molar-refractivity contribution in [3.63, 3.8) is 0 Å². The molecule has 1 heterocycles. The maximum atomic E-state index is 4.37. The number of allylic oxidation sites excluding steroid dienone is 1. The van der Waals surface area contributed by atoms with E-state index in [1.807, 2.05) is 6.07 Å². The molecule has 0 atom stereocenters. The molecule has 0 fully saturated rings. The Morgan fingerprint density at radius 2 is 1.68 bits per heavy atom. The highest BCUT2D eigenvalue weighted by Gasteiger charge is 2.03. The van der Waals surface area contributed by atoms with Crippen LogP contribution in [0.1, 0.15) is 34.9 Å². The Kier molecular flexibility index (Phi) is 6.43. The minimum atomic E-state index is 0.783. The van der Waals surface area contributed by atoms with Crippen LogP contribution in [0.4, 0.5) is 11.5 Å². The second-order valence-electron chi connectivity index (χ2n) is 7.12. The Balaban J connectivity index is 1.58. The van der Waals surface area contributed by atoms with Gasteiger partial charge in [0.1, 0.15) is 12.1 Å². The zero-order chi connectivity index (χ0) is 19.9. The van der Waals surface area contributed by atoms with Crippen LogP contribution in [0.2, 0.25) is 0 Å². The number of nitrogens with one attached hydrogen (secondary N) is 2. The Labute approximate surface area is 167 Å². The van der Waals surface area contributed by atoms with Crippen molar-refractivity contribution in [1.29, 1.82) is 0 Å². The van der Waals surface area contributed by atoms with E-state index in [9.17, 15) is 0 Å². The van der Waals surface area contributed by atoms with Gasteiger partial charge < -0.3 is 10.6 Å². The molecular formula is C24H28N4. The number of aromatic nitrogens is 2. The summed E-state index contributed by atoms with van der Waals surface area (Å²) >= 11 is 0. The maximum Gasteiger partial charge on any atom is 0.129 e. The van der Waals surface area contributed by atoms with E-state index in [0.29, 0.717) is 0 Å². The summed E-state index contributed by atoms with van der Waals surface area (Å²) < 4.78 is 0. The van der Waals surface area contributed by atoms with Crippen LogP contribution in [0, 0.1) is 13.8 Å². The van der Waals surface area contributed by atoms with E-state index in [2.05, 4.69) is 90.4 Å². The van der Waals surface area contributed by atoms with Crippen molar-refractivity contribution in [2.75, 3.05) is 17.2 Å². The van der Waals surface area contributed by atoms with Gasteiger partial charge in [0, 0.05) is 36.8 Å². The smallest absolute Gasteiger partial charge is 0.129 e. The minimum absolute atomic E-state index is 0.783. The lowest BCUT2D eigenvalue weighted by Gasteiger charge is -2.12. The number of benzene rings is 2. The Bertz CT molecular complexity index is 945. The second kappa shape index (κ2) is 9.18. The van der Waals surface area contributed by atoms with Crippen LogP contribution >= 0.6 is 0 Å². The summed E-state index contributed by atoms with van der Waals surface area (Å²) in [5, 5.41) is 6.63. The third-order valence-corrected chi connectivity index (χ3v) is 4.73. The number of hydrogen-bond donors (Lipinski definition) is 2. The van der Waals surface area contributed by atoms with Gasteiger partial charge in [-0.3, -0.25) is 0 Å². The molecular weight excluding hydrogens is 344 g/mol. The van der Waals surface area contributed by atoms with Gasteiger partial charge in [-0.25, -0.2) is 9.97 Å². The number of rotatable bonds is 8. The van der Waals surface area contributed by atoms with Crippen molar-refractivity contribution in [1.82, 2.24) is 9.97 Å². The molecule has 0 bridgehead atoms. The van der Waals surface area contributed by atoms with Crippen LogP contribution in [0.25, 0.3) is 0 Å². The first-order chi connectivity index (χ1) is 13.5. The number of anilines is 2. The summed E-state index contributed by atoms with van der Waals surface area (Å²) in [7, 11) is 0. The maximum absolute atomic E-state index is 4.37. The van der Waals surface area contributed by atoms with Crippen LogP contribution in [0.3, 0.4) is 0 Å². The van der Waals surface area contributed by atoms with E-state index in [1.165, 1.54) is 22.3 Å². The first kappa shape index (κ1) is 19.6. The first-order valence-corrected chi connectivity index (χ1v) is 9.68. The quantitative estimate of drug-likeness (QED) is 0.564. The summed E-state index contributed by atoms with van der Waals surface area (Å²) in [6.07, 6.45) is 3.21. The fraction of sp³-hybridized carbons (Fsp3) is 0.250. The van der Waals surface area contributed by atoms with Gasteiger partial charge in [-0.1, -0.05) is 36.9 Å². The summed E-state index contributed by atoms with van der Waals surface area (Å²) in [4.78, 5) is 8.59. The highest BCUT2D eigenvalue weighted by atomic mass is 15.0. The van der Waals surface area contributed by atoms with E-state index >= 15 is 0 Å². The van der Waals surface area contributed by atoms with E-state index in [4.69, 9.17) is 0 Å². The molecule has 2 aromatic carbocycles. The first-order valence-electron chi connectivity index (χ1n) is 9.68.